The van der Waals surface area contributed by atoms with Gasteiger partial charge in [-0.05, 0) is 47.9 Å². The number of nitro groups is 1. The Kier molecular flexibility index (Phi) is 5.45. The number of nitrogens with zero attached hydrogens (tertiary/aromatic N) is 3. The number of nitrogen functional groups attached to an aromatic ring is 1. The topological polar surface area (TPSA) is 143 Å². The highest BCUT2D eigenvalue weighted by Crippen LogP contribution is 2.39. The molecule has 158 valence electrons. The third kappa shape index (κ3) is 4.21. The summed E-state index contributed by atoms with van der Waals surface area (Å²) in [6.07, 6.45) is 0. The van der Waals surface area contributed by atoms with Crippen LogP contribution in [0.4, 0.5) is 28.4 Å². The van der Waals surface area contributed by atoms with Crippen LogP contribution in [-0.4, -0.2) is 15.9 Å². The summed E-state index contributed by atoms with van der Waals surface area (Å²) in [5.41, 5.74) is 7.19. The summed E-state index contributed by atoms with van der Waals surface area (Å²) >= 11 is 0. The van der Waals surface area contributed by atoms with E-state index in [1.54, 1.807) is 54.6 Å². The molecule has 0 radical (unpaired) electrons. The van der Waals surface area contributed by atoms with Crippen molar-refractivity contribution in [1.82, 2.24) is 0 Å². The first-order chi connectivity index (χ1) is 15.4. The van der Waals surface area contributed by atoms with Crippen LogP contribution in [0.2, 0.25) is 0 Å². The fraction of sp³-hybridized carbons (Fsp3) is 0. The van der Waals surface area contributed by atoms with Crippen LogP contribution in [0.25, 0.3) is 10.8 Å². The molecule has 9 heteroatoms. The molecule has 4 rings (SSSR count). The first-order valence-electron chi connectivity index (χ1n) is 9.50. The number of fused-ring (bicyclic) bond motifs is 1. The number of non-ortho nitro benzene ring substituents is 1. The monoisotopic (exact) mass is 427 g/mol. The third-order valence-corrected chi connectivity index (χ3v) is 4.73. The number of benzene rings is 4. The van der Waals surface area contributed by atoms with Gasteiger partial charge in [-0.25, -0.2) is 0 Å². The molecule has 0 aliphatic heterocycles. The zero-order chi connectivity index (χ0) is 22.7. The molecule has 9 nitrogen and oxygen atoms in total. The van der Waals surface area contributed by atoms with Gasteiger partial charge in [0.1, 0.15) is 5.69 Å². The second-order valence-electron chi connectivity index (χ2n) is 6.89. The summed E-state index contributed by atoms with van der Waals surface area (Å²) < 4.78 is 0. The number of azo groups is 1. The van der Waals surface area contributed by atoms with E-state index in [0.29, 0.717) is 27.8 Å². The number of carbonyl (C=O) groups excluding carboxylic acids is 1. The lowest BCUT2D eigenvalue weighted by Gasteiger charge is -2.11. The molecule has 0 fully saturated rings. The molecule has 0 heterocycles. The van der Waals surface area contributed by atoms with E-state index in [0.717, 1.165) is 0 Å². The number of carbonyl (C=O) groups is 1. The highest BCUT2D eigenvalue weighted by Gasteiger charge is 2.19. The molecular weight excluding hydrogens is 410 g/mol. The van der Waals surface area contributed by atoms with Crippen LogP contribution < -0.4 is 11.1 Å². The molecule has 0 aliphatic carbocycles. The zero-order valence-electron chi connectivity index (χ0n) is 16.6. The number of nitro benzene ring substituents is 1. The molecule has 4 N–H and O–H groups in total. The van der Waals surface area contributed by atoms with Crippen LogP contribution in [0.3, 0.4) is 0 Å². The average molecular weight is 427 g/mol. The van der Waals surface area contributed by atoms with Crippen LogP contribution in [-0.2, 0) is 0 Å². The molecule has 4 aromatic carbocycles. The summed E-state index contributed by atoms with van der Waals surface area (Å²) in [6.45, 7) is 0. The van der Waals surface area contributed by atoms with Crippen molar-refractivity contribution in [2.75, 3.05) is 11.1 Å². The third-order valence-electron chi connectivity index (χ3n) is 4.73. The van der Waals surface area contributed by atoms with E-state index in [1.807, 2.05) is 0 Å². The maximum atomic E-state index is 12.9. The Morgan fingerprint density at radius 1 is 0.969 bits per heavy atom. The Hall–Kier alpha value is -4.79. The SMILES string of the molecule is Nc1ccc(N=Nc2c(O)c(C(=O)Nc3ccc([N+](=O)[O-])cc3)cc3ccccc23)cc1. The first-order valence-corrected chi connectivity index (χ1v) is 9.50. The van der Waals surface area contributed by atoms with Crippen molar-refractivity contribution in [2.24, 2.45) is 10.2 Å². The Morgan fingerprint density at radius 2 is 1.66 bits per heavy atom. The molecule has 0 saturated carbocycles. The van der Waals surface area contributed by atoms with Crippen molar-refractivity contribution in [3.05, 3.63) is 94.5 Å². The summed E-state index contributed by atoms with van der Waals surface area (Å²) in [6, 6.07) is 20.8. The number of phenolic OH excluding ortho intramolecular Hbond substituents is 1. The van der Waals surface area contributed by atoms with Crippen molar-refractivity contribution in [2.45, 2.75) is 0 Å². The van der Waals surface area contributed by atoms with E-state index in [2.05, 4.69) is 15.5 Å². The molecule has 0 aliphatic rings. The van der Waals surface area contributed by atoms with Gasteiger partial charge in [0.05, 0.1) is 16.2 Å². The van der Waals surface area contributed by atoms with Gasteiger partial charge in [-0.3, -0.25) is 14.9 Å². The molecule has 0 bridgehead atoms. The van der Waals surface area contributed by atoms with Crippen molar-refractivity contribution < 1.29 is 14.8 Å². The molecule has 0 unspecified atom stereocenters. The number of nitrogens with two attached hydrogens (primary N) is 1. The van der Waals surface area contributed by atoms with E-state index >= 15 is 0 Å². The Morgan fingerprint density at radius 3 is 2.34 bits per heavy atom. The molecule has 0 atom stereocenters. The minimum atomic E-state index is -0.592. The quantitative estimate of drug-likeness (QED) is 0.162. The van der Waals surface area contributed by atoms with Gasteiger partial charge in [-0.2, -0.15) is 5.11 Å². The molecule has 4 aromatic rings. The molecular formula is C23H17N5O4. The lowest BCUT2D eigenvalue weighted by atomic mass is 10.0. The van der Waals surface area contributed by atoms with Gasteiger partial charge < -0.3 is 16.2 Å². The second kappa shape index (κ2) is 8.52. The predicted molar refractivity (Wildman–Crippen MR) is 122 cm³/mol. The summed E-state index contributed by atoms with van der Waals surface area (Å²) in [5, 5.41) is 33.9. The Balaban J connectivity index is 1.71. The van der Waals surface area contributed by atoms with Crippen LogP contribution in [0, 0.1) is 10.1 Å². The lowest BCUT2D eigenvalue weighted by Crippen LogP contribution is -2.12. The number of phenols is 1. The van der Waals surface area contributed by atoms with E-state index in [1.165, 1.54) is 24.3 Å². The highest BCUT2D eigenvalue weighted by molar-refractivity contribution is 6.11. The summed E-state index contributed by atoms with van der Waals surface area (Å²) in [4.78, 5) is 23.1. The number of aromatic hydroxyl groups is 1. The molecule has 32 heavy (non-hydrogen) atoms. The van der Waals surface area contributed by atoms with Gasteiger partial charge in [-0.15, -0.1) is 5.11 Å². The number of hydrogen-bond acceptors (Lipinski definition) is 7. The lowest BCUT2D eigenvalue weighted by molar-refractivity contribution is -0.384. The van der Waals surface area contributed by atoms with E-state index in [9.17, 15) is 20.0 Å². The van der Waals surface area contributed by atoms with Crippen LogP contribution in [0.15, 0.2) is 89.1 Å². The van der Waals surface area contributed by atoms with E-state index in [4.69, 9.17) is 5.73 Å². The smallest absolute Gasteiger partial charge is 0.269 e. The van der Waals surface area contributed by atoms with Gasteiger partial charge >= 0.3 is 0 Å². The predicted octanol–water partition coefficient (Wildman–Crippen LogP) is 5.70. The minimum Gasteiger partial charge on any atom is -0.505 e. The molecule has 0 spiro atoms. The number of amides is 1. The first kappa shape index (κ1) is 20.5. The largest absolute Gasteiger partial charge is 0.505 e. The van der Waals surface area contributed by atoms with Crippen molar-refractivity contribution in [3.63, 3.8) is 0 Å². The van der Waals surface area contributed by atoms with Gasteiger partial charge in [0.2, 0.25) is 0 Å². The zero-order valence-corrected chi connectivity index (χ0v) is 16.6. The summed E-state index contributed by atoms with van der Waals surface area (Å²) in [7, 11) is 0. The fourth-order valence-corrected chi connectivity index (χ4v) is 3.11. The number of rotatable bonds is 5. The molecule has 0 aromatic heterocycles. The van der Waals surface area contributed by atoms with Crippen molar-refractivity contribution in [3.8, 4) is 5.75 Å². The Labute approximate surface area is 182 Å². The van der Waals surface area contributed by atoms with E-state index in [-0.39, 0.29) is 22.7 Å². The van der Waals surface area contributed by atoms with E-state index < -0.39 is 10.8 Å². The summed E-state index contributed by atoms with van der Waals surface area (Å²) in [5.74, 6) is -0.923. The van der Waals surface area contributed by atoms with Gasteiger partial charge in [0.25, 0.3) is 11.6 Å². The highest BCUT2D eigenvalue weighted by atomic mass is 16.6. The van der Waals surface area contributed by atoms with Gasteiger partial charge in [0.15, 0.2) is 5.75 Å². The van der Waals surface area contributed by atoms with Crippen molar-refractivity contribution in [1.29, 1.82) is 0 Å². The molecule has 0 saturated heterocycles. The maximum absolute atomic E-state index is 12.9. The molecule has 1 amide bonds. The van der Waals surface area contributed by atoms with Gasteiger partial charge in [0, 0.05) is 28.9 Å². The Bertz CT molecular complexity index is 1350. The normalized spacial score (nSPS) is 11.0. The standard InChI is InChI=1S/C23H17N5O4/c24-15-5-7-17(8-6-15)26-27-21-19-4-2-1-3-14(19)13-20(22(21)29)23(30)25-16-9-11-18(12-10-16)28(31)32/h1-13,29H,24H2,(H,25,30). The minimum absolute atomic E-state index is 0.00620. The van der Waals surface area contributed by atoms with Crippen LogP contribution in [0.5, 0.6) is 5.75 Å². The number of anilines is 2. The van der Waals surface area contributed by atoms with Crippen LogP contribution in [0.1, 0.15) is 10.4 Å². The van der Waals surface area contributed by atoms with Crippen molar-refractivity contribution >= 4 is 45.1 Å². The average Bonchev–Trinajstić information content (AvgIpc) is 2.79. The maximum Gasteiger partial charge on any atom is 0.269 e. The van der Waals surface area contributed by atoms with Gasteiger partial charge in [-0.1, -0.05) is 24.3 Å². The fourth-order valence-electron chi connectivity index (χ4n) is 3.11. The number of hydrogen-bond donors (Lipinski definition) is 3. The van der Waals surface area contributed by atoms with Crippen LogP contribution >= 0.6 is 0 Å². The second-order valence-corrected chi connectivity index (χ2v) is 6.89. The number of nitrogens with one attached hydrogen (secondary N) is 1.